The third-order valence-electron chi connectivity index (χ3n) is 5.43. The molecule has 1 aliphatic rings. The van der Waals surface area contributed by atoms with Crippen molar-refractivity contribution in [2.24, 2.45) is 4.99 Å². The molecule has 1 atom stereocenters. The first-order valence-electron chi connectivity index (χ1n) is 11.1. The van der Waals surface area contributed by atoms with E-state index in [4.69, 9.17) is 9.47 Å². The maximum atomic E-state index is 13.5. The summed E-state index contributed by atoms with van der Waals surface area (Å²) >= 11 is 1.30. The second kappa shape index (κ2) is 10.5. The van der Waals surface area contributed by atoms with Crippen molar-refractivity contribution in [1.29, 1.82) is 0 Å². The number of fused-ring (bicyclic) bond motifs is 1. The molecule has 0 saturated carbocycles. The van der Waals surface area contributed by atoms with Crippen LogP contribution in [0.1, 0.15) is 37.4 Å². The Hall–Kier alpha value is -3.71. The number of carbonyl (C=O) groups excluding carboxylic acids is 1. The first kappa shape index (κ1) is 23.4. The molecule has 1 unspecified atom stereocenters. The van der Waals surface area contributed by atoms with Gasteiger partial charge >= 0.3 is 5.97 Å². The number of thiazole rings is 1. The van der Waals surface area contributed by atoms with E-state index in [9.17, 15) is 9.59 Å². The zero-order valence-corrected chi connectivity index (χ0v) is 20.2. The van der Waals surface area contributed by atoms with E-state index in [0.717, 1.165) is 23.3 Å². The maximum absolute atomic E-state index is 13.5. The number of hydrogen-bond acceptors (Lipinski definition) is 6. The van der Waals surface area contributed by atoms with Crippen LogP contribution in [0.2, 0.25) is 0 Å². The molecule has 0 radical (unpaired) electrons. The van der Waals surface area contributed by atoms with Gasteiger partial charge in [0.25, 0.3) is 5.56 Å². The van der Waals surface area contributed by atoms with E-state index in [0.29, 0.717) is 27.2 Å². The quantitative estimate of drug-likeness (QED) is 0.488. The molecular weight excluding hydrogens is 448 g/mol. The Morgan fingerprint density at radius 1 is 1.15 bits per heavy atom. The van der Waals surface area contributed by atoms with Gasteiger partial charge in [0.15, 0.2) is 4.80 Å². The molecule has 2 aromatic carbocycles. The molecule has 0 N–H and O–H groups in total. The molecule has 174 valence electrons. The van der Waals surface area contributed by atoms with Crippen LogP contribution in [0, 0.1) is 0 Å². The van der Waals surface area contributed by atoms with E-state index in [-0.39, 0.29) is 5.56 Å². The lowest BCUT2D eigenvalue weighted by molar-refractivity contribution is -0.136. The first-order chi connectivity index (χ1) is 16.5. The molecule has 0 bridgehead atoms. The van der Waals surface area contributed by atoms with Gasteiger partial charge in [-0.05, 0) is 42.7 Å². The van der Waals surface area contributed by atoms with Crippen molar-refractivity contribution in [3.05, 3.63) is 103 Å². The molecule has 34 heavy (non-hydrogen) atoms. The third-order valence-corrected chi connectivity index (χ3v) is 6.43. The minimum Gasteiger partial charge on any atom is -0.494 e. The SMILES string of the molecule is CCCOc1ccc(C2C(C(=O)OC)=C(C)N=c3s/c(=C\C=C\c4ccccc4)c(=O)n32)cc1. The van der Waals surface area contributed by atoms with Gasteiger partial charge in [0.1, 0.15) is 5.75 Å². The highest BCUT2D eigenvalue weighted by molar-refractivity contribution is 7.07. The van der Waals surface area contributed by atoms with Crippen LogP contribution in [0.4, 0.5) is 0 Å². The molecule has 1 aromatic heterocycles. The molecule has 0 aliphatic carbocycles. The minimum atomic E-state index is -0.635. The number of carbonyl (C=O) groups is 1. The van der Waals surface area contributed by atoms with Crippen LogP contribution in [-0.2, 0) is 9.53 Å². The lowest BCUT2D eigenvalue weighted by Crippen LogP contribution is -2.39. The van der Waals surface area contributed by atoms with Gasteiger partial charge < -0.3 is 9.47 Å². The summed E-state index contributed by atoms with van der Waals surface area (Å²) in [5.41, 5.74) is 2.51. The highest BCUT2D eigenvalue weighted by atomic mass is 32.1. The summed E-state index contributed by atoms with van der Waals surface area (Å²) in [6.45, 7) is 4.44. The van der Waals surface area contributed by atoms with Crippen LogP contribution in [0.25, 0.3) is 12.2 Å². The number of benzene rings is 2. The smallest absolute Gasteiger partial charge is 0.338 e. The summed E-state index contributed by atoms with van der Waals surface area (Å²) in [4.78, 5) is 31.3. The Morgan fingerprint density at radius 3 is 2.56 bits per heavy atom. The molecular formula is C27H26N2O4S. The Balaban J connectivity index is 1.80. The van der Waals surface area contributed by atoms with Crippen LogP contribution >= 0.6 is 11.3 Å². The fraction of sp³-hybridized carbons (Fsp3) is 0.222. The standard InChI is InChI=1S/C27H26N2O4S/c1-4-17-33-21-15-13-20(14-16-21)24-23(26(31)32-3)18(2)28-27-29(24)25(30)22(34-27)12-8-11-19-9-6-5-7-10-19/h5-16,24H,4,17H2,1-3H3/b11-8+,22-12-. The Labute approximate surface area is 201 Å². The molecule has 1 aliphatic heterocycles. The van der Waals surface area contributed by atoms with Gasteiger partial charge in [-0.3, -0.25) is 9.36 Å². The van der Waals surface area contributed by atoms with Gasteiger partial charge in [0.05, 0.1) is 35.6 Å². The van der Waals surface area contributed by atoms with Crippen molar-refractivity contribution >= 4 is 29.5 Å². The summed E-state index contributed by atoms with van der Waals surface area (Å²) in [5.74, 6) is 0.236. The third kappa shape index (κ3) is 4.79. The topological polar surface area (TPSA) is 69.9 Å². The largest absolute Gasteiger partial charge is 0.494 e. The predicted octanol–water partition coefficient (Wildman–Crippen LogP) is 3.86. The second-order valence-corrected chi connectivity index (χ2v) is 8.79. The fourth-order valence-corrected chi connectivity index (χ4v) is 4.80. The van der Waals surface area contributed by atoms with Crippen LogP contribution < -0.4 is 19.6 Å². The van der Waals surface area contributed by atoms with E-state index < -0.39 is 12.0 Å². The van der Waals surface area contributed by atoms with E-state index in [1.54, 1.807) is 17.6 Å². The van der Waals surface area contributed by atoms with Crippen LogP contribution in [0.15, 0.2) is 81.7 Å². The van der Waals surface area contributed by atoms with Crippen molar-refractivity contribution in [1.82, 2.24) is 4.57 Å². The molecule has 3 aromatic rings. The van der Waals surface area contributed by atoms with E-state index in [2.05, 4.69) is 4.99 Å². The number of esters is 1. The Bertz CT molecular complexity index is 1410. The maximum Gasteiger partial charge on any atom is 0.338 e. The van der Waals surface area contributed by atoms with Crippen LogP contribution in [0.3, 0.4) is 0 Å². The molecule has 0 spiro atoms. The monoisotopic (exact) mass is 474 g/mol. The lowest BCUT2D eigenvalue weighted by Gasteiger charge is -2.24. The van der Waals surface area contributed by atoms with Gasteiger partial charge in [-0.25, -0.2) is 9.79 Å². The number of hydrogen-bond donors (Lipinski definition) is 0. The molecule has 7 heteroatoms. The van der Waals surface area contributed by atoms with E-state index in [1.807, 2.05) is 73.7 Å². The van der Waals surface area contributed by atoms with Gasteiger partial charge in [0, 0.05) is 0 Å². The van der Waals surface area contributed by atoms with Crippen LogP contribution in [-0.4, -0.2) is 24.3 Å². The lowest BCUT2D eigenvalue weighted by atomic mass is 9.96. The summed E-state index contributed by atoms with van der Waals surface area (Å²) in [5, 5.41) is 0. The highest BCUT2D eigenvalue weighted by Crippen LogP contribution is 2.31. The zero-order chi connectivity index (χ0) is 24.1. The van der Waals surface area contributed by atoms with E-state index in [1.165, 1.54) is 18.4 Å². The molecule has 6 nitrogen and oxygen atoms in total. The summed E-state index contributed by atoms with van der Waals surface area (Å²) < 4.78 is 12.9. The minimum absolute atomic E-state index is 0.202. The molecule has 4 rings (SSSR count). The first-order valence-corrected chi connectivity index (χ1v) is 11.9. The van der Waals surface area contributed by atoms with Gasteiger partial charge in [0.2, 0.25) is 0 Å². The van der Waals surface area contributed by atoms with Crippen molar-refractivity contribution in [2.45, 2.75) is 26.3 Å². The van der Waals surface area contributed by atoms with Gasteiger partial charge in [-0.2, -0.15) is 0 Å². The number of allylic oxidation sites excluding steroid dienone is 2. The molecule has 0 saturated heterocycles. The number of nitrogens with zero attached hydrogens (tertiary/aromatic N) is 2. The highest BCUT2D eigenvalue weighted by Gasteiger charge is 2.33. The molecule has 2 heterocycles. The molecule has 0 fully saturated rings. The van der Waals surface area contributed by atoms with Gasteiger partial charge in [-0.1, -0.05) is 72.9 Å². The average Bonchev–Trinajstić information content (AvgIpc) is 3.17. The van der Waals surface area contributed by atoms with Crippen molar-refractivity contribution in [2.75, 3.05) is 13.7 Å². The van der Waals surface area contributed by atoms with Crippen LogP contribution in [0.5, 0.6) is 5.75 Å². The van der Waals surface area contributed by atoms with Crippen molar-refractivity contribution < 1.29 is 14.3 Å². The van der Waals surface area contributed by atoms with E-state index >= 15 is 0 Å². The summed E-state index contributed by atoms with van der Waals surface area (Å²) in [7, 11) is 1.33. The van der Waals surface area contributed by atoms with Gasteiger partial charge in [-0.15, -0.1) is 0 Å². The Morgan fingerprint density at radius 2 is 1.88 bits per heavy atom. The molecule has 0 amide bonds. The number of ether oxygens (including phenoxy) is 2. The second-order valence-electron chi connectivity index (χ2n) is 7.78. The number of rotatable bonds is 7. The summed E-state index contributed by atoms with van der Waals surface area (Å²) in [6, 6.07) is 16.7. The van der Waals surface area contributed by atoms with Crippen molar-refractivity contribution in [3.8, 4) is 5.75 Å². The Kier molecular flexibility index (Phi) is 7.23. The van der Waals surface area contributed by atoms with Crippen molar-refractivity contribution in [3.63, 3.8) is 0 Å². The fourth-order valence-electron chi connectivity index (χ4n) is 3.80. The summed E-state index contributed by atoms with van der Waals surface area (Å²) in [6.07, 6.45) is 6.49. The normalized spacial score (nSPS) is 15.9. The number of methoxy groups -OCH3 is 1. The predicted molar refractivity (Wildman–Crippen MR) is 134 cm³/mol. The number of aromatic nitrogens is 1. The average molecular weight is 475 g/mol. The zero-order valence-electron chi connectivity index (χ0n) is 19.4.